The van der Waals surface area contributed by atoms with Gasteiger partial charge < -0.3 is 4.98 Å². The van der Waals surface area contributed by atoms with Gasteiger partial charge in [-0.25, -0.2) is 0 Å². The van der Waals surface area contributed by atoms with Gasteiger partial charge in [-0.15, -0.1) is 12.4 Å². The first-order chi connectivity index (χ1) is 14.2. The molecule has 5 rings (SSSR count). The molecule has 1 fully saturated rings. The lowest BCUT2D eigenvalue weighted by atomic mass is 9.89. The van der Waals surface area contributed by atoms with Crippen LogP contribution in [0, 0.1) is 0 Å². The van der Waals surface area contributed by atoms with Gasteiger partial charge in [0.2, 0.25) is 0 Å². The first-order valence-electron chi connectivity index (χ1n) is 10.8. The fourth-order valence-corrected chi connectivity index (χ4v) is 5.25. The molecule has 1 aliphatic carbocycles. The number of pyridine rings is 1. The van der Waals surface area contributed by atoms with E-state index in [1.165, 1.54) is 41.3 Å². The molecule has 0 unspecified atom stereocenters. The number of benzene rings is 2. The lowest BCUT2D eigenvalue weighted by Gasteiger charge is -2.32. The summed E-state index contributed by atoms with van der Waals surface area (Å²) < 4.78 is 0. The normalized spacial score (nSPS) is 17.5. The van der Waals surface area contributed by atoms with E-state index >= 15 is 0 Å². The van der Waals surface area contributed by atoms with Crippen molar-refractivity contribution in [1.82, 2.24) is 9.88 Å². The Morgan fingerprint density at radius 3 is 2.40 bits per heavy atom. The molecule has 3 nitrogen and oxygen atoms in total. The van der Waals surface area contributed by atoms with Gasteiger partial charge in [-0.3, -0.25) is 9.69 Å². The number of rotatable bonds is 3. The summed E-state index contributed by atoms with van der Waals surface area (Å²) in [5.74, 6) is 0.628. The Balaban J connectivity index is 0.00000218. The van der Waals surface area contributed by atoms with Crippen LogP contribution in [0.4, 0.5) is 0 Å². The van der Waals surface area contributed by atoms with E-state index in [1.807, 2.05) is 12.1 Å². The van der Waals surface area contributed by atoms with Gasteiger partial charge in [0.25, 0.3) is 5.56 Å². The average molecular weight is 443 g/mol. The monoisotopic (exact) mass is 442 g/mol. The molecule has 1 saturated heterocycles. The summed E-state index contributed by atoms with van der Waals surface area (Å²) in [7, 11) is 0. The van der Waals surface area contributed by atoms with Crippen LogP contribution < -0.4 is 5.56 Å². The van der Waals surface area contributed by atoms with Crippen LogP contribution in [0.3, 0.4) is 0 Å². The van der Waals surface area contributed by atoms with E-state index in [0.717, 1.165) is 55.0 Å². The van der Waals surface area contributed by atoms with E-state index in [2.05, 4.69) is 40.2 Å². The SMILES string of the molecule is Cl.O=c1[nH]c2cc(CN3CCC(c4ccc(Cl)cc4)CC3)ccc2c2c1CCCC2. The molecule has 1 N–H and O–H groups in total. The maximum Gasteiger partial charge on any atom is 0.251 e. The predicted octanol–water partition coefficient (Wildman–Crippen LogP) is 5.86. The Morgan fingerprint density at radius 2 is 1.67 bits per heavy atom. The summed E-state index contributed by atoms with van der Waals surface area (Å²) in [6.45, 7) is 3.15. The second-order valence-corrected chi connectivity index (χ2v) is 9.04. The van der Waals surface area contributed by atoms with Crippen molar-refractivity contribution < 1.29 is 0 Å². The van der Waals surface area contributed by atoms with Gasteiger partial charge in [0.05, 0.1) is 0 Å². The molecule has 0 atom stereocenters. The van der Waals surface area contributed by atoms with E-state index in [0.29, 0.717) is 5.92 Å². The first-order valence-corrected chi connectivity index (χ1v) is 11.2. The van der Waals surface area contributed by atoms with Crippen molar-refractivity contribution in [1.29, 1.82) is 0 Å². The fourth-order valence-electron chi connectivity index (χ4n) is 5.12. The molecular weight excluding hydrogens is 415 g/mol. The van der Waals surface area contributed by atoms with Crippen LogP contribution in [0.1, 0.15) is 53.9 Å². The molecule has 2 aliphatic rings. The van der Waals surface area contributed by atoms with Gasteiger partial charge >= 0.3 is 0 Å². The zero-order valence-corrected chi connectivity index (χ0v) is 18.7. The Bertz CT molecular complexity index is 1080. The number of hydrogen-bond donors (Lipinski definition) is 1. The summed E-state index contributed by atoms with van der Waals surface area (Å²) in [4.78, 5) is 18.2. The molecule has 0 saturated carbocycles. The molecule has 3 aromatic rings. The number of H-pyrrole nitrogens is 1. The van der Waals surface area contributed by atoms with E-state index in [1.54, 1.807) is 0 Å². The number of nitrogens with zero attached hydrogens (tertiary/aromatic N) is 1. The van der Waals surface area contributed by atoms with E-state index < -0.39 is 0 Å². The van der Waals surface area contributed by atoms with Crippen LogP contribution in [0.5, 0.6) is 0 Å². The molecule has 1 aliphatic heterocycles. The maximum atomic E-state index is 12.5. The topological polar surface area (TPSA) is 36.1 Å². The third-order valence-corrected chi connectivity index (χ3v) is 6.99. The zero-order chi connectivity index (χ0) is 19.8. The first kappa shape index (κ1) is 21.4. The Kier molecular flexibility index (Phi) is 6.52. The van der Waals surface area contributed by atoms with Crippen LogP contribution in [-0.4, -0.2) is 23.0 Å². The number of hydrogen-bond acceptors (Lipinski definition) is 2. The zero-order valence-electron chi connectivity index (χ0n) is 17.1. The van der Waals surface area contributed by atoms with Crippen LogP contribution in [-0.2, 0) is 19.4 Å². The van der Waals surface area contributed by atoms with E-state index in [9.17, 15) is 4.79 Å². The average Bonchev–Trinajstić information content (AvgIpc) is 2.75. The minimum Gasteiger partial charge on any atom is -0.322 e. The van der Waals surface area contributed by atoms with Crippen molar-refractivity contribution in [2.45, 2.75) is 51.0 Å². The smallest absolute Gasteiger partial charge is 0.251 e. The molecule has 158 valence electrons. The molecule has 0 amide bonds. The van der Waals surface area contributed by atoms with Gasteiger partial charge in [0, 0.05) is 28.0 Å². The second kappa shape index (κ2) is 9.13. The number of aromatic nitrogens is 1. The Labute approximate surface area is 188 Å². The molecule has 2 heterocycles. The molecule has 5 heteroatoms. The van der Waals surface area contributed by atoms with Crippen molar-refractivity contribution in [3.63, 3.8) is 0 Å². The molecule has 30 heavy (non-hydrogen) atoms. The van der Waals surface area contributed by atoms with Crippen molar-refractivity contribution in [2.24, 2.45) is 0 Å². The van der Waals surface area contributed by atoms with Gasteiger partial charge in [0.1, 0.15) is 0 Å². The summed E-state index contributed by atoms with van der Waals surface area (Å²) in [5, 5.41) is 2.05. The highest BCUT2D eigenvalue weighted by Crippen LogP contribution is 2.30. The van der Waals surface area contributed by atoms with Gasteiger partial charge in [0.15, 0.2) is 0 Å². The van der Waals surface area contributed by atoms with Crippen molar-refractivity contribution in [3.8, 4) is 0 Å². The van der Waals surface area contributed by atoms with Crippen LogP contribution in [0.2, 0.25) is 5.02 Å². The molecule has 0 bridgehead atoms. The number of halogens is 2. The van der Waals surface area contributed by atoms with Crippen molar-refractivity contribution in [2.75, 3.05) is 13.1 Å². The van der Waals surface area contributed by atoms with Crippen LogP contribution in [0.25, 0.3) is 10.9 Å². The fraction of sp³-hybridized carbons (Fsp3) is 0.400. The summed E-state index contributed by atoms with van der Waals surface area (Å²) >= 11 is 6.02. The summed E-state index contributed by atoms with van der Waals surface area (Å²) in [6.07, 6.45) is 6.64. The maximum absolute atomic E-state index is 12.5. The number of piperidine rings is 1. The highest BCUT2D eigenvalue weighted by Gasteiger charge is 2.21. The van der Waals surface area contributed by atoms with E-state index in [4.69, 9.17) is 11.6 Å². The van der Waals surface area contributed by atoms with Crippen LogP contribution in [0.15, 0.2) is 47.3 Å². The lowest BCUT2D eigenvalue weighted by Crippen LogP contribution is -2.32. The molecular formula is C25H28Cl2N2O. The number of likely N-dealkylation sites (tertiary alicyclic amines) is 1. The highest BCUT2D eigenvalue weighted by atomic mass is 35.5. The van der Waals surface area contributed by atoms with Crippen molar-refractivity contribution in [3.05, 3.63) is 80.1 Å². The van der Waals surface area contributed by atoms with Gasteiger partial charge in [-0.2, -0.15) is 0 Å². The quantitative estimate of drug-likeness (QED) is 0.550. The largest absolute Gasteiger partial charge is 0.322 e. The van der Waals surface area contributed by atoms with Gasteiger partial charge in [-0.05, 0) is 92.4 Å². The van der Waals surface area contributed by atoms with E-state index in [-0.39, 0.29) is 18.0 Å². The molecule has 0 radical (unpaired) electrons. The Hall–Kier alpha value is -1.81. The highest BCUT2D eigenvalue weighted by molar-refractivity contribution is 6.30. The summed E-state index contributed by atoms with van der Waals surface area (Å²) in [5.41, 5.74) is 6.11. The molecule has 0 spiro atoms. The predicted molar refractivity (Wildman–Crippen MR) is 127 cm³/mol. The summed E-state index contributed by atoms with van der Waals surface area (Å²) in [6, 6.07) is 15.0. The van der Waals surface area contributed by atoms with Crippen LogP contribution >= 0.6 is 24.0 Å². The third-order valence-electron chi connectivity index (χ3n) is 6.73. The second-order valence-electron chi connectivity index (χ2n) is 8.60. The molecule has 1 aromatic heterocycles. The minimum atomic E-state index is 0. The number of nitrogens with one attached hydrogen (secondary N) is 1. The minimum absolute atomic E-state index is 0. The van der Waals surface area contributed by atoms with Crippen molar-refractivity contribution >= 4 is 34.9 Å². The molecule has 2 aromatic carbocycles. The standard InChI is InChI=1S/C25H27ClN2O.ClH/c26-20-8-6-18(7-9-20)19-11-13-28(14-12-19)16-17-5-10-22-21-3-1-2-4-23(21)25(29)27-24(22)15-17;/h5-10,15,19H,1-4,11-14,16H2,(H,27,29);1H. The Morgan fingerprint density at radius 1 is 0.967 bits per heavy atom. The number of aryl methyl sites for hydroxylation is 1. The lowest BCUT2D eigenvalue weighted by molar-refractivity contribution is 0.204. The number of aromatic amines is 1. The third kappa shape index (κ3) is 4.30. The van der Waals surface area contributed by atoms with Gasteiger partial charge in [-0.1, -0.05) is 35.9 Å². The number of fused-ring (bicyclic) bond motifs is 3.